The van der Waals surface area contributed by atoms with Gasteiger partial charge in [-0.05, 0) is 36.8 Å². The van der Waals surface area contributed by atoms with E-state index in [4.69, 9.17) is 5.41 Å². The monoisotopic (exact) mass is 178 g/mol. The summed E-state index contributed by atoms with van der Waals surface area (Å²) in [6.07, 6.45) is 7.33. The van der Waals surface area contributed by atoms with Crippen LogP contribution in [-0.2, 0) is 0 Å². The average Bonchev–Trinajstić information content (AvgIpc) is 2.05. The second-order valence-corrected chi connectivity index (χ2v) is 3.09. The topological polar surface area (TPSA) is 35.9 Å². The van der Waals surface area contributed by atoms with Gasteiger partial charge in [0, 0.05) is 11.9 Å². The number of hydrogen-bond donors (Lipinski definition) is 2. The van der Waals surface area contributed by atoms with E-state index >= 15 is 0 Å². The predicted molar refractivity (Wildman–Crippen MR) is 58.8 cm³/mol. The highest BCUT2D eigenvalue weighted by molar-refractivity contribution is 5.48. The van der Waals surface area contributed by atoms with Gasteiger partial charge in [0.05, 0.1) is 0 Å². The van der Waals surface area contributed by atoms with Crippen molar-refractivity contribution in [3.05, 3.63) is 36.2 Å². The number of hydrogen-bond acceptors (Lipinski definition) is 2. The van der Waals surface area contributed by atoms with Crippen LogP contribution in [0.4, 0.5) is 0 Å². The van der Waals surface area contributed by atoms with Gasteiger partial charge < -0.3 is 10.7 Å². The molecule has 1 rings (SSSR count). The van der Waals surface area contributed by atoms with Crippen molar-refractivity contribution < 1.29 is 0 Å². The molecule has 0 aromatic heterocycles. The van der Waals surface area contributed by atoms with Crippen LogP contribution in [0.15, 0.2) is 36.2 Å². The summed E-state index contributed by atoms with van der Waals surface area (Å²) in [6.45, 7) is 9.83. The van der Waals surface area contributed by atoms with E-state index in [9.17, 15) is 0 Å². The second kappa shape index (κ2) is 6.23. The third-order valence-corrected chi connectivity index (χ3v) is 1.55. The quantitative estimate of drug-likeness (QED) is 0.595. The first kappa shape index (κ1) is 11.7. The fraction of sp³-hybridized carbons (Fsp3) is 0.364. The zero-order valence-electron chi connectivity index (χ0n) is 8.59. The number of rotatable bonds is 1. The summed E-state index contributed by atoms with van der Waals surface area (Å²) in [5, 5.41) is 9.10. The highest BCUT2D eigenvalue weighted by atomic mass is 14.8. The van der Waals surface area contributed by atoms with Crippen molar-refractivity contribution in [2.24, 2.45) is 5.92 Å². The van der Waals surface area contributed by atoms with Crippen molar-refractivity contribution in [1.82, 2.24) is 5.32 Å². The van der Waals surface area contributed by atoms with Gasteiger partial charge in [0.1, 0.15) is 0 Å². The lowest BCUT2D eigenvalue weighted by Gasteiger charge is -2.12. The van der Waals surface area contributed by atoms with Crippen molar-refractivity contribution in [3.63, 3.8) is 0 Å². The Morgan fingerprint density at radius 2 is 2.08 bits per heavy atom. The third kappa shape index (κ3) is 5.01. The van der Waals surface area contributed by atoms with Crippen molar-refractivity contribution >= 4 is 6.21 Å². The number of nitrogens with one attached hydrogen (secondary N) is 2. The van der Waals surface area contributed by atoms with Crippen LogP contribution < -0.4 is 5.32 Å². The Morgan fingerprint density at radius 1 is 1.54 bits per heavy atom. The van der Waals surface area contributed by atoms with Crippen molar-refractivity contribution in [3.8, 4) is 0 Å². The standard InChI is InChI=1S/C9H13N.C2H5N/c1-7(2)9-4-5-10-8(3)6-9;1-2-3/h4-7,10H,3H2,1-2H3;2-3H,1H3. The molecule has 0 bridgehead atoms. The lowest BCUT2D eigenvalue weighted by Crippen LogP contribution is -2.07. The molecule has 1 aliphatic heterocycles. The Balaban J connectivity index is 0.000000424. The molecule has 1 aliphatic rings. The van der Waals surface area contributed by atoms with Crippen molar-refractivity contribution in [1.29, 1.82) is 5.41 Å². The van der Waals surface area contributed by atoms with Crippen LogP contribution >= 0.6 is 0 Å². The zero-order chi connectivity index (χ0) is 10.3. The van der Waals surface area contributed by atoms with Gasteiger partial charge in [0.2, 0.25) is 0 Å². The molecule has 0 aromatic carbocycles. The van der Waals surface area contributed by atoms with Gasteiger partial charge in [-0.3, -0.25) is 0 Å². The summed E-state index contributed by atoms with van der Waals surface area (Å²) in [5.41, 5.74) is 2.31. The molecule has 2 nitrogen and oxygen atoms in total. The summed E-state index contributed by atoms with van der Waals surface area (Å²) in [4.78, 5) is 0. The van der Waals surface area contributed by atoms with Crippen LogP contribution in [0.1, 0.15) is 20.8 Å². The Bertz CT molecular complexity index is 234. The minimum Gasteiger partial charge on any atom is -0.362 e. The third-order valence-electron chi connectivity index (χ3n) is 1.55. The van der Waals surface area contributed by atoms with Gasteiger partial charge >= 0.3 is 0 Å². The lowest BCUT2D eigenvalue weighted by atomic mass is 10.0. The Labute approximate surface area is 80.6 Å². The van der Waals surface area contributed by atoms with Crippen LogP contribution in [0, 0.1) is 11.3 Å². The van der Waals surface area contributed by atoms with Crippen LogP contribution in [0.2, 0.25) is 0 Å². The van der Waals surface area contributed by atoms with E-state index in [1.54, 1.807) is 6.92 Å². The Morgan fingerprint density at radius 3 is 2.38 bits per heavy atom. The molecule has 2 heteroatoms. The second-order valence-electron chi connectivity index (χ2n) is 3.09. The van der Waals surface area contributed by atoms with Gasteiger partial charge in [-0.25, -0.2) is 0 Å². The highest BCUT2D eigenvalue weighted by Crippen LogP contribution is 2.14. The fourth-order valence-corrected chi connectivity index (χ4v) is 0.895. The molecule has 72 valence electrons. The van der Waals surface area contributed by atoms with E-state index in [-0.39, 0.29) is 0 Å². The fourth-order valence-electron chi connectivity index (χ4n) is 0.895. The molecule has 0 spiro atoms. The van der Waals surface area contributed by atoms with E-state index in [1.165, 1.54) is 11.8 Å². The highest BCUT2D eigenvalue weighted by Gasteiger charge is 2.02. The molecule has 0 aromatic rings. The predicted octanol–water partition coefficient (Wildman–Crippen LogP) is 2.86. The molecule has 0 saturated heterocycles. The SMILES string of the molecule is C=C1C=C(C(C)C)C=CN1.CC=N. The van der Waals surface area contributed by atoms with Crippen molar-refractivity contribution in [2.45, 2.75) is 20.8 Å². The number of allylic oxidation sites excluding steroid dienone is 3. The van der Waals surface area contributed by atoms with E-state index in [2.05, 4.69) is 37.9 Å². The molecular weight excluding hydrogens is 160 g/mol. The molecule has 0 amide bonds. The summed E-state index contributed by atoms with van der Waals surface area (Å²) in [6, 6.07) is 0. The summed E-state index contributed by atoms with van der Waals surface area (Å²) in [7, 11) is 0. The maximum absolute atomic E-state index is 6.08. The van der Waals surface area contributed by atoms with E-state index < -0.39 is 0 Å². The maximum Gasteiger partial charge on any atom is 0.0309 e. The Hall–Kier alpha value is -1.31. The van der Waals surface area contributed by atoms with E-state index in [0.29, 0.717) is 5.92 Å². The van der Waals surface area contributed by atoms with Crippen LogP contribution in [-0.4, -0.2) is 6.21 Å². The molecule has 13 heavy (non-hydrogen) atoms. The first-order valence-electron chi connectivity index (χ1n) is 4.40. The zero-order valence-corrected chi connectivity index (χ0v) is 8.59. The first-order chi connectivity index (χ1) is 6.11. The normalized spacial score (nSPS) is 14.2. The largest absolute Gasteiger partial charge is 0.362 e. The minimum atomic E-state index is 0.593. The molecule has 0 unspecified atom stereocenters. The van der Waals surface area contributed by atoms with Gasteiger partial charge in [0.15, 0.2) is 0 Å². The lowest BCUT2D eigenvalue weighted by molar-refractivity contribution is 0.782. The molecule has 0 radical (unpaired) electrons. The van der Waals surface area contributed by atoms with Crippen LogP contribution in [0.3, 0.4) is 0 Å². The molecule has 1 heterocycles. The smallest absolute Gasteiger partial charge is 0.0309 e. The summed E-state index contributed by atoms with van der Waals surface area (Å²) >= 11 is 0. The van der Waals surface area contributed by atoms with Gasteiger partial charge in [-0.1, -0.05) is 20.4 Å². The maximum atomic E-state index is 6.08. The van der Waals surface area contributed by atoms with Crippen LogP contribution in [0.5, 0.6) is 0 Å². The average molecular weight is 178 g/mol. The Kier molecular flexibility index (Phi) is 5.60. The van der Waals surface area contributed by atoms with Gasteiger partial charge in [-0.15, -0.1) is 0 Å². The number of dihydropyridines is 1. The molecule has 0 aliphatic carbocycles. The summed E-state index contributed by atoms with van der Waals surface area (Å²) < 4.78 is 0. The molecular formula is C11H18N2. The first-order valence-corrected chi connectivity index (χ1v) is 4.40. The van der Waals surface area contributed by atoms with Gasteiger partial charge in [0.25, 0.3) is 0 Å². The van der Waals surface area contributed by atoms with Crippen LogP contribution in [0.25, 0.3) is 0 Å². The van der Waals surface area contributed by atoms with Crippen molar-refractivity contribution in [2.75, 3.05) is 0 Å². The summed E-state index contributed by atoms with van der Waals surface area (Å²) in [5.74, 6) is 0.593. The molecule has 0 saturated carbocycles. The minimum absolute atomic E-state index is 0.593. The molecule has 0 atom stereocenters. The molecule has 2 N–H and O–H groups in total. The van der Waals surface area contributed by atoms with E-state index in [0.717, 1.165) is 5.70 Å². The van der Waals surface area contributed by atoms with E-state index in [1.807, 2.05) is 6.20 Å². The van der Waals surface area contributed by atoms with Gasteiger partial charge in [-0.2, -0.15) is 0 Å². The molecule has 0 fully saturated rings.